The van der Waals surface area contributed by atoms with Crippen LogP contribution in [0.5, 0.6) is 0 Å². The van der Waals surface area contributed by atoms with Crippen LogP contribution < -0.4 is 16.2 Å². The maximum Gasteiger partial charge on any atom is 0.279 e. The van der Waals surface area contributed by atoms with Gasteiger partial charge in [0.2, 0.25) is 0 Å². The van der Waals surface area contributed by atoms with E-state index in [-0.39, 0.29) is 5.91 Å². The SMILES string of the molecule is CC[C@@H]1CCc2sc(C(=O)NNC(=S)NC)cc2C1. The number of fused-ring (bicyclic) bond motifs is 1. The topological polar surface area (TPSA) is 53.2 Å². The predicted molar refractivity (Wildman–Crippen MR) is 82.4 cm³/mol. The average molecular weight is 297 g/mol. The molecular weight excluding hydrogens is 278 g/mol. The number of hydrogen-bond donors (Lipinski definition) is 3. The van der Waals surface area contributed by atoms with Crippen molar-refractivity contribution in [1.29, 1.82) is 0 Å². The number of hydrogen-bond acceptors (Lipinski definition) is 3. The smallest absolute Gasteiger partial charge is 0.279 e. The van der Waals surface area contributed by atoms with Crippen LogP contribution in [0.3, 0.4) is 0 Å². The molecule has 1 heterocycles. The van der Waals surface area contributed by atoms with Crippen LogP contribution in [0.1, 0.15) is 39.9 Å². The summed E-state index contributed by atoms with van der Waals surface area (Å²) in [5.74, 6) is 0.651. The molecule has 0 saturated carbocycles. The van der Waals surface area contributed by atoms with Gasteiger partial charge in [0.15, 0.2) is 5.11 Å². The van der Waals surface area contributed by atoms with Gasteiger partial charge in [0.05, 0.1) is 4.88 Å². The molecule has 4 nitrogen and oxygen atoms in total. The first-order valence-corrected chi connectivity index (χ1v) is 7.76. The van der Waals surface area contributed by atoms with Crippen LogP contribution >= 0.6 is 23.6 Å². The zero-order valence-corrected chi connectivity index (χ0v) is 12.8. The summed E-state index contributed by atoms with van der Waals surface area (Å²) in [6, 6.07) is 2.03. The molecule has 3 N–H and O–H groups in total. The van der Waals surface area contributed by atoms with Crippen LogP contribution in [0.2, 0.25) is 0 Å². The molecule has 104 valence electrons. The number of thiophene rings is 1. The van der Waals surface area contributed by atoms with Crippen molar-refractivity contribution in [2.45, 2.75) is 32.6 Å². The first-order valence-electron chi connectivity index (χ1n) is 6.53. The Balaban J connectivity index is 2.00. The first-order chi connectivity index (χ1) is 9.13. The minimum absolute atomic E-state index is 0.120. The maximum absolute atomic E-state index is 12.0. The lowest BCUT2D eigenvalue weighted by molar-refractivity contribution is 0.0948. The van der Waals surface area contributed by atoms with E-state index in [1.807, 2.05) is 6.07 Å². The van der Waals surface area contributed by atoms with Crippen LogP contribution in [-0.2, 0) is 12.8 Å². The second kappa shape index (κ2) is 6.34. The maximum atomic E-state index is 12.0. The van der Waals surface area contributed by atoms with E-state index in [9.17, 15) is 4.79 Å². The third-order valence-electron chi connectivity index (χ3n) is 3.50. The monoisotopic (exact) mass is 297 g/mol. The predicted octanol–water partition coefficient (Wildman–Crippen LogP) is 2.00. The van der Waals surface area contributed by atoms with Crippen LogP contribution in [0.15, 0.2) is 6.07 Å². The van der Waals surface area contributed by atoms with Crippen molar-refractivity contribution >= 4 is 34.6 Å². The normalized spacial score (nSPS) is 17.5. The number of carbonyl (C=O) groups excluding carboxylic acids is 1. The van der Waals surface area contributed by atoms with E-state index in [1.54, 1.807) is 18.4 Å². The molecule has 0 spiro atoms. The van der Waals surface area contributed by atoms with Gasteiger partial charge >= 0.3 is 0 Å². The fourth-order valence-electron chi connectivity index (χ4n) is 2.30. The number of aryl methyl sites for hydroxylation is 1. The molecule has 1 aliphatic rings. The molecule has 2 rings (SSSR count). The van der Waals surface area contributed by atoms with Gasteiger partial charge in [-0.2, -0.15) is 0 Å². The molecule has 0 unspecified atom stereocenters. The quantitative estimate of drug-likeness (QED) is 0.577. The van der Waals surface area contributed by atoms with E-state index in [4.69, 9.17) is 12.2 Å². The Morgan fingerprint density at radius 3 is 3.00 bits per heavy atom. The lowest BCUT2D eigenvalue weighted by atomic mass is 9.87. The van der Waals surface area contributed by atoms with Gasteiger partial charge in [-0.1, -0.05) is 13.3 Å². The van der Waals surface area contributed by atoms with Gasteiger partial charge in [0.25, 0.3) is 5.91 Å². The second-order valence-corrected chi connectivity index (χ2v) is 6.28. The molecule has 1 aromatic heterocycles. The summed E-state index contributed by atoms with van der Waals surface area (Å²) in [7, 11) is 1.70. The molecule has 0 radical (unpaired) electrons. The molecule has 1 amide bonds. The summed E-state index contributed by atoms with van der Waals surface area (Å²) < 4.78 is 0. The largest absolute Gasteiger partial charge is 0.364 e. The Morgan fingerprint density at radius 1 is 1.53 bits per heavy atom. The van der Waals surface area contributed by atoms with Crippen LogP contribution in [0, 0.1) is 5.92 Å². The van der Waals surface area contributed by atoms with Gasteiger partial charge in [0.1, 0.15) is 0 Å². The molecule has 19 heavy (non-hydrogen) atoms. The van der Waals surface area contributed by atoms with Crippen LogP contribution in [-0.4, -0.2) is 18.1 Å². The molecule has 0 fully saturated rings. The Morgan fingerprint density at radius 2 is 2.32 bits per heavy atom. The van der Waals surface area contributed by atoms with Crippen molar-refractivity contribution in [1.82, 2.24) is 16.2 Å². The lowest BCUT2D eigenvalue weighted by Crippen LogP contribution is -2.45. The Hall–Kier alpha value is -1.14. The summed E-state index contributed by atoms with van der Waals surface area (Å²) in [5, 5.41) is 3.15. The molecule has 1 aliphatic carbocycles. The fourth-order valence-corrected chi connectivity index (χ4v) is 3.45. The highest BCUT2D eigenvalue weighted by molar-refractivity contribution is 7.80. The Kier molecular flexibility index (Phi) is 4.76. The number of carbonyl (C=O) groups is 1. The van der Waals surface area contributed by atoms with Gasteiger partial charge in [0, 0.05) is 11.9 Å². The highest BCUT2D eigenvalue weighted by atomic mass is 32.1. The highest BCUT2D eigenvalue weighted by Crippen LogP contribution is 2.33. The van der Waals surface area contributed by atoms with Crippen molar-refractivity contribution in [3.05, 3.63) is 21.4 Å². The number of hydrazine groups is 1. The summed E-state index contributed by atoms with van der Waals surface area (Å²) in [4.78, 5) is 14.1. The fraction of sp³-hybridized carbons (Fsp3) is 0.538. The van der Waals surface area contributed by atoms with Crippen molar-refractivity contribution in [2.24, 2.45) is 5.92 Å². The third kappa shape index (κ3) is 3.45. The number of thiocarbonyl (C=S) groups is 1. The van der Waals surface area contributed by atoms with Gasteiger partial charge in [-0.05, 0) is 49.0 Å². The lowest BCUT2D eigenvalue weighted by Gasteiger charge is -2.19. The number of rotatable bonds is 2. The van der Waals surface area contributed by atoms with Crippen molar-refractivity contribution in [3.63, 3.8) is 0 Å². The minimum atomic E-state index is -0.120. The zero-order valence-electron chi connectivity index (χ0n) is 11.2. The van der Waals surface area contributed by atoms with E-state index in [2.05, 4.69) is 23.1 Å². The highest BCUT2D eigenvalue weighted by Gasteiger charge is 2.21. The van der Waals surface area contributed by atoms with Crippen molar-refractivity contribution in [3.8, 4) is 0 Å². The molecule has 0 aliphatic heterocycles. The molecule has 1 aromatic rings. The number of nitrogens with one attached hydrogen (secondary N) is 3. The van der Waals surface area contributed by atoms with Gasteiger partial charge in [-0.25, -0.2) is 0 Å². The molecule has 0 aromatic carbocycles. The van der Waals surface area contributed by atoms with E-state index in [0.717, 1.165) is 23.6 Å². The van der Waals surface area contributed by atoms with E-state index in [0.29, 0.717) is 5.11 Å². The second-order valence-electron chi connectivity index (χ2n) is 4.73. The van der Waals surface area contributed by atoms with E-state index < -0.39 is 0 Å². The first kappa shape index (κ1) is 14.3. The van der Waals surface area contributed by atoms with Crippen molar-refractivity contribution < 1.29 is 4.79 Å². The minimum Gasteiger partial charge on any atom is -0.364 e. The summed E-state index contributed by atoms with van der Waals surface area (Å²) in [6.07, 6.45) is 4.67. The van der Waals surface area contributed by atoms with Crippen molar-refractivity contribution in [2.75, 3.05) is 7.05 Å². The summed E-state index contributed by atoms with van der Waals surface area (Å²) >= 11 is 6.51. The van der Waals surface area contributed by atoms with Gasteiger partial charge < -0.3 is 5.32 Å². The molecular formula is C13H19N3OS2. The van der Waals surface area contributed by atoms with Crippen LogP contribution in [0.25, 0.3) is 0 Å². The van der Waals surface area contributed by atoms with E-state index in [1.165, 1.54) is 23.3 Å². The summed E-state index contributed by atoms with van der Waals surface area (Å²) in [6.45, 7) is 2.23. The standard InChI is InChI=1S/C13H19N3OS2/c1-3-8-4-5-10-9(6-8)7-11(19-10)12(17)15-16-13(18)14-2/h7-8H,3-6H2,1-2H3,(H,15,17)(H2,14,16,18)/t8-/m1/s1. The third-order valence-corrected chi connectivity index (χ3v) is 5.04. The molecule has 0 saturated heterocycles. The Bertz CT molecular complexity index is 484. The van der Waals surface area contributed by atoms with Crippen LogP contribution in [0.4, 0.5) is 0 Å². The zero-order chi connectivity index (χ0) is 13.8. The average Bonchev–Trinajstić information content (AvgIpc) is 2.86. The Labute approximate surface area is 122 Å². The molecule has 1 atom stereocenters. The van der Waals surface area contributed by atoms with Gasteiger partial charge in [-0.15, -0.1) is 11.3 Å². The van der Waals surface area contributed by atoms with Gasteiger partial charge in [-0.3, -0.25) is 15.6 Å². The number of amides is 1. The summed E-state index contributed by atoms with van der Waals surface area (Å²) in [5.41, 5.74) is 6.61. The molecule has 0 bridgehead atoms. The van der Waals surface area contributed by atoms with E-state index >= 15 is 0 Å². The molecule has 6 heteroatoms.